The molecule has 3 N–H and O–H groups in total. The molecule has 0 amide bonds. The Balaban J connectivity index is 2.46. The molecule has 2 rings (SSSR count). The van der Waals surface area contributed by atoms with Gasteiger partial charge in [-0.05, 0) is 0 Å². The van der Waals surface area contributed by atoms with Crippen LogP contribution in [0, 0.1) is 10.1 Å². The van der Waals surface area contributed by atoms with Crippen molar-refractivity contribution in [1.29, 1.82) is 0 Å². The van der Waals surface area contributed by atoms with Gasteiger partial charge in [-0.25, -0.2) is 8.78 Å². The normalized spacial score (nSPS) is 27.7. The number of hydrogen-bond acceptors (Lipinski definition) is 4. The molecule has 1 heterocycles. The van der Waals surface area contributed by atoms with Crippen LogP contribution in [0.2, 0.25) is 0 Å². The van der Waals surface area contributed by atoms with Gasteiger partial charge in [-0.15, -0.1) is 0 Å². The Bertz CT molecular complexity index is 419. The van der Waals surface area contributed by atoms with Crippen molar-refractivity contribution in [3.63, 3.8) is 0 Å². The van der Waals surface area contributed by atoms with E-state index in [2.05, 4.69) is 10.2 Å². The topological polar surface area (TPSA) is 97.8 Å². The number of alkyl halides is 2. The number of nitrogens with zero attached hydrogens (tertiary/aromatic N) is 2. The van der Waals surface area contributed by atoms with E-state index >= 15 is 0 Å². The first kappa shape index (κ1) is 9.97. The summed E-state index contributed by atoms with van der Waals surface area (Å²) < 4.78 is 26.2. The van der Waals surface area contributed by atoms with Crippen molar-refractivity contribution in [2.75, 3.05) is 6.54 Å². The maximum absolute atomic E-state index is 13.1. The molecule has 0 aliphatic heterocycles. The van der Waals surface area contributed by atoms with Crippen LogP contribution in [0.1, 0.15) is 12.1 Å². The van der Waals surface area contributed by atoms with Crippen molar-refractivity contribution in [2.24, 2.45) is 5.73 Å². The van der Waals surface area contributed by atoms with E-state index in [0.29, 0.717) is 0 Å². The summed E-state index contributed by atoms with van der Waals surface area (Å²) in [6, 6.07) is 0. The molecule has 1 aromatic heterocycles. The molecule has 1 aromatic rings. The van der Waals surface area contributed by atoms with E-state index in [1.807, 2.05) is 0 Å². The van der Waals surface area contributed by atoms with E-state index in [0.717, 1.165) is 6.20 Å². The third-order valence-electron chi connectivity index (χ3n) is 2.74. The smallest absolute Gasteiger partial charge is 0.310 e. The Hall–Kier alpha value is -1.57. The fourth-order valence-corrected chi connectivity index (χ4v) is 1.70. The van der Waals surface area contributed by atoms with Gasteiger partial charge in [0, 0.05) is 13.0 Å². The number of H-pyrrole nitrogens is 1. The van der Waals surface area contributed by atoms with E-state index in [1.165, 1.54) is 0 Å². The molecule has 1 fully saturated rings. The minimum Gasteiger partial charge on any atom is -0.329 e. The van der Waals surface area contributed by atoms with Crippen LogP contribution in [0.3, 0.4) is 0 Å². The zero-order valence-electron chi connectivity index (χ0n) is 7.54. The third-order valence-corrected chi connectivity index (χ3v) is 2.74. The second-order valence-electron chi connectivity index (χ2n) is 3.55. The van der Waals surface area contributed by atoms with Crippen molar-refractivity contribution in [2.45, 2.75) is 17.8 Å². The van der Waals surface area contributed by atoms with Gasteiger partial charge in [0.1, 0.15) is 17.3 Å². The van der Waals surface area contributed by atoms with Gasteiger partial charge in [0.2, 0.25) is 0 Å². The fourth-order valence-electron chi connectivity index (χ4n) is 1.70. The van der Waals surface area contributed by atoms with Crippen molar-refractivity contribution in [3.8, 4) is 0 Å². The summed E-state index contributed by atoms with van der Waals surface area (Å²) in [6.45, 7) is -0.344. The number of hydrogen-bond donors (Lipinski definition) is 2. The number of halogens is 2. The Morgan fingerprint density at radius 2 is 2.33 bits per heavy atom. The van der Waals surface area contributed by atoms with E-state index in [-0.39, 0.29) is 12.2 Å². The van der Waals surface area contributed by atoms with Crippen molar-refractivity contribution >= 4 is 5.69 Å². The number of nitro groups is 1. The summed E-state index contributed by atoms with van der Waals surface area (Å²) >= 11 is 0. The fraction of sp³-hybridized carbons (Fsp3) is 0.571. The van der Waals surface area contributed by atoms with Gasteiger partial charge in [-0.3, -0.25) is 15.2 Å². The third kappa shape index (κ3) is 1.14. The Labute approximate surface area is 82.6 Å². The first-order valence-corrected chi connectivity index (χ1v) is 4.21. The molecule has 1 aliphatic rings. The summed E-state index contributed by atoms with van der Waals surface area (Å²) in [5.74, 6) is -2.99. The Morgan fingerprint density at radius 3 is 2.73 bits per heavy atom. The highest BCUT2D eigenvalue weighted by Crippen LogP contribution is 2.61. The van der Waals surface area contributed by atoms with Gasteiger partial charge in [0.25, 0.3) is 5.92 Å². The molecule has 1 aliphatic carbocycles. The van der Waals surface area contributed by atoms with Crippen LogP contribution < -0.4 is 5.73 Å². The minimum absolute atomic E-state index is 0.181. The van der Waals surface area contributed by atoms with Crippen LogP contribution in [0.25, 0.3) is 0 Å². The monoisotopic (exact) mass is 218 g/mol. The highest BCUT2D eigenvalue weighted by atomic mass is 19.3. The molecular weight excluding hydrogens is 210 g/mol. The summed E-state index contributed by atoms with van der Waals surface area (Å²) in [4.78, 5) is 9.80. The number of rotatable bonds is 3. The molecule has 6 nitrogen and oxygen atoms in total. The molecule has 0 bridgehead atoms. The van der Waals surface area contributed by atoms with Crippen LogP contribution in [0.15, 0.2) is 6.20 Å². The molecule has 0 saturated heterocycles. The van der Waals surface area contributed by atoms with Crippen LogP contribution in [0.5, 0.6) is 0 Å². The minimum atomic E-state index is -2.99. The average Bonchev–Trinajstić information content (AvgIpc) is 2.59. The summed E-state index contributed by atoms with van der Waals surface area (Å²) in [7, 11) is 0. The lowest BCUT2D eigenvalue weighted by molar-refractivity contribution is -0.386. The van der Waals surface area contributed by atoms with Gasteiger partial charge < -0.3 is 5.73 Å². The molecule has 1 atom stereocenters. The SMILES string of the molecule is NCC1(c2[nH]ncc2[N+](=O)[O-])CC1(F)F. The molecule has 82 valence electrons. The first-order valence-electron chi connectivity index (χ1n) is 4.21. The maximum Gasteiger partial charge on any atom is 0.310 e. The molecular formula is C7H8F2N4O2. The van der Waals surface area contributed by atoms with Crippen LogP contribution in [0.4, 0.5) is 14.5 Å². The zero-order valence-corrected chi connectivity index (χ0v) is 7.54. The lowest BCUT2D eigenvalue weighted by Gasteiger charge is -2.10. The molecule has 1 unspecified atom stereocenters. The van der Waals surface area contributed by atoms with Gasteiger partial charge in [0.05, 0.1) is 4.92 Å². The summed E-state index contributed by atoms with van der Waals surface area (Å²) in [6.07, 6.45) is 0.445. The van der Waals surface area contributed by atoms with Gasteiger partial charge in [-0.1, -0.05) is 0 Å². The Morgan fingerprint density at radius 1 is 1.73 bits per heavy atom. The second kappa shape index (κ2) is 2.72. The molecule has 1 saturated carbocycles. The van der Waals surface area contributed by atoms with E-state index in [4.69, 9.17) is 5.73 Å². The first-order chi connectivity index (χ1) is 6.94. The molecule has 0 radical (unpaired) electrons. The number of aromatic nitrogens is 2. The largest absolute Gasteiger partial charge is 0.329 e. The highest BCUT2D eigenvalue weighted by Gasteiger charge is 2.73. The van der Waals surface area contributed by atoms with E-state index in [9.17, 15) is 18.9 Å². The van der Waals surface area contributed by atoms with Crippen LogP contribution in [-0.4, -0.2) is 27.6 Å². The molecule has 0 spiro atoms. The number of nitrogens with one attached hydrogen (secondary N) is 1. The van der Waals surface area contributed by atoms with Crippen molar-refractivity contribution in [1.82, 2.24) is 10.2 Å². The van der Waals surface area contributed by atoms with Crippen LogP contribution >= 0.6 is 0 Å². The zero-order chi connectivity index (χ0) is 11.3. The molecule has 15 heavy (non-hydrogen) atoms. The van der Waals surface area contributed by atoms with Gasteiger partial charge >= 0.3 is 5.69 Å². The van der Waals surface area contributed by atoms with E-state index in [1.54, 1.807) is 0 Å². The summed E-state index contributed by atoms with van der Waals surface area (Å²) in [5, 5.41) is 16.2. The standard InChI is InChI=1S/C7H8F2N4O2/c8-7(9)2-6(7,3-10)5-4(13(14)15)1-11-12-5/h1H,2-3,10H2,(H,11,12). The van der Waals surface area contributed by atoms with Crippen molar-refractivity contribution < 1.29 is 13.7 Å². The van der Waals surface area contributed by atoms with Crippen molar-refractivity contribution in [3.05, 3.63) is 22.0 Å². The lowest BCUT2D eigenvalue weighted by atomic mass is 10.0. The lowest BCUT2D eigenvalue weighted by Crippen LogP contribution is -2.28. The molecule has 8 heteroatoms. The predicted octanol–water partition coefficient (Wildman–Crippen LogP) is 0.553. The predicted molar refractivity (Wildman–Crippen MR) is 45.5 cm³/mol. The highest BCUT2D eigenvalue weighted by molar-refractivity contribution is 5.46. The van der Waals surface area contributed by atoms with Crippen LogP contribution in [-0.2, 0) is 5.41 Å². The van der Waals surface area contributed by atoms with E-state index < -0.39 is 28.4 Å². The van der Waals surface area contributed by atoms with Gasteiger partial charge in [0.15, 0.2) is 0 Å². The Kier molecular flexibility index (Phi) is 1.81. The average molecular weight is 218 g/mol. The molecule has 0 aromatic carbocycles. The quantitative estimate of drug-likeness (QED) is 0.571. The number of nitrogens with two attached hydrogens (primary N) is 1. The number of aromatic amines is 1. The maximum atomic E-state index is 13.1. The second-order valence-corrected chi connectivity index (χ2v) is 3.55. The summed E-state index contributed by atoms with van der Waals surface area (Å²) in [5.41, 5.74) is 3.01. The van der Waals surface area contributed by atoms with Gasteiger partial charge in [-0.2, -0.15) is 5.10 Å².